The van der Waals surface area contributed by atoms with E-state index in [9.17, 15) is 9.59 Å². The first-order valence-electron chi connectivity index (χ1n) is 5.82. The van der Waals surface area contributed by atoms with Gasteiger partial charge in [0.25, 0.3) is 0 Å². The molecule has 1 aromatic heterocycles. The minimum absolute atomic E-state index is 0.0837. The van der Waals surface area contributed by atoms with Gasteiger partial charge in [0.1, 0.15) is 5.82 Å². The van der Waals surface area contributed by atoms with Gasteiger partial charge in [0.2, 0.25) is 5.91 Å². The van der Waals surface area contributed by atoms with E-state index < -0.39 is 11.9 Å². The molecule has 0 aliphatic rings. The Morgan fingerprint density at radius 1 is 1.47 bits per heavy atom. The van der Waals surface area contributed by atoms with Gasteiger partial charge in [-0.15, -0.1) is 0 Å². The minimum atomic E-state index is -1.01. The van der Waals surface area contributed by atoms with Crippen molar-refractivity contribution < 1.29 is 14.7 Å². The third-order valence-electron chi connectivity index (χ3n) is 2.43. The van der Waals surface area contributed by atoms with Crippen molar-refractivity contribution in [2.24, 2.45) is 5.73 Å². The predicted molar refractivity (Wildman–Crippen MR) is 72.6 cm³/mol. The number of carbonyl (C=O) groups excluding carboxylic acids is 1. The van der Waals surface area contributed by atoms with Crippen LogP contribution in [0.4, 0.5) is 5.82 Å². The number of hydrogen-bond donors (Lipinski definition) is 2. The van der Waals surface area contributed by atoms with E-state index >= 15 is 0 Å². The maximum Gasteiger partial charge on any atom is 0.328 e. The number of aromatic nitrogens is 1. The summed E-state index contributed by atoms with van der Waals surface area (Å²) in [5.74, 6) is -0.812. The van der Waals surface area contributed by atoms with E-state index in [-0.39, 0.29) is 12.6 Å². The molecule has 1 rings (SSSR count). The van der Waals surface area contributed by atoms with E-state index in [1.807, 2.05) is 13.8 Å². The molecule has 6 heteroatoms. The lowest BCUT2D eigenvalue weighted by atomic mass is 10.2. The highest BCUT2D eigenvalue weighted by Crippen LogP contribution is 2.14. The largest absolute Gasteiger partial charge is 0.478 e. The van der Waals surface area contributed by atoms with Crippen LogP contribution in [0.2, 0.25) is 0 Å². The lowest BCUT2D eigenvalue weighted by molar-refractivity contribution is -0.131. The summed E-state index contributed by atoms with van der Waals surface area (Å²) >= 11 is 0. The summed E-state index contributed by atoms with van der Waals surface area (Å²) in [7, 11) is 0. The fourth-order valence-electron chi connectivity index (χ4n) is 1.53. The second-order valence-electron chi connectivity index (χ2n) is 4.31. The number of carboxylic acids is 1. The van der Waals surface area contributed by atoms with Crippen molar-refractivity contribution >= 4 is 23.8 Å². The third kappa shape index (κ3) is 4.79. The van der Waals surface area contributed by atoms with Crippen LogP contribution in [-0.4, -0.2) is 34.6 Å². The number of amides is 1. The summed E-state index contributed by atoms with van der Waals surface area (Å²) in [6.07, 6.45) is 4.04. The molecule has 19 heavy (non-hydrogen) atoms. The molecule has 0 aliphatic heterocycles. The fraction of sp³-hybridized carbons (Fsp3) is 0.308. The molecule has 0 aromatic carbocycles. The summed E-state index contributed by atoms with van der Waals surface area (Å²) in [6, 6.07) is 3.54. The van der Waals surface area contributed by atoms with Crippen LogP contribution in [0.1, 0.15) is 19.4 Å². The molecule has 0 radical (unpaired) electrons. The summed E-state index contributed by atoms with van der Waals surface area (Å²) in [6.45, 7) is 3.96. The Balaban J connectivity index is 2.89. The van der Waals surface area contributed by atoms with Crippen molar-refractivity contribution in [2.45, 2.75) is 19.9 Å². The molecule has 1 aromatic rings. The van der Waals surface area contributed by atoms with Crippen LogP contribution in [0.3, 0.4) is 0 Å². The highest BCUT2D eigenvalue weighted by Gasteiger charge is 2.13. The second-order valence-corrected chi connectivity index (χ2v) is 4.31. The Bertz CT molecular complexity index is 480. The molecule has 0 spiro atoms. The number of primary amides is 1. The number of pyridine rings is 1. The van der Waals surface area contributed by atoms with Crippen molar-refractivity contribution in [1.82, 2.24) is 4.98 Å². The van der Waals surface area contributed by atoms with Crippen LogP contribution in [0, 0.1) is 0 Å². The van der Waals surface area contributed by atoms with Crippen LogP contribution >= 0.6 is 0 Å². The second kappa shape index (κ2) is 6.53. The Labute approximate surface area is 111 Å². The van der Waals surface area contributed by atoms with Gasteiger partial charge >= 0.3 is 5.97 Å². The van der Waals surface area contributed by atoms with Gasteiger partial charge in [-0.25, -0.2) is 9.78 Å². The normalized spacial score (nSPS) is 10.9. The number of rotatable bonds is 6. The molecular weight excluding hydrogens is 246 g/mol. The summed E-state index contributed by atoms with van der Waals surface area (Å²) in [5, 5.41) is 8.52. The maximum absolute atomic E-state index is 11.0. The highest BCUT2D eigenvalue weighted by atomic mass is 16.4. The topological polar surface area (TPSA) is 96.5 Å². The zero-order valence-electron chi connectivity index (χ0n) is 10.9. The minimum Gasteiger partial charge on any atom is -0.478 e. The average molecular weight is 263 g/mol. The number of anilines is 1. The first-order valence-corrected chi connectivity index (χ1v) is 5.82. The molecule has 0 aliphatic carbocycles. The molecule has 0 atom stereocenters. The molecule has 0 unspecified atom stereocenters. The molecule has 1 amide bonds. The average Bonchev–Trinajstić information content (AvgIpc) is 2.33. The van der Waals surface area contributed by atoms with Crippen molar-refractivity contribution in [3.63, 3.8) is 0 Å². The molecular formula is C13H17N3O3. The van der Waals surface area contributed by atoms with Crippen LogP contribution in [0.25, 0.3) is 6.08 Å². The molecule has 1 heterocycles. The molecule has 6 nitrogen and oxygen atoms in total. The number of carbonyl (C=O) groups is 2. The van der Waals surface area contributed by atoms with E-state index in [4.69, 9.17) is 10.8 Å². The summed E-state index contributed by atoms with van der Waals surface area (Å²) < 4.78 is 0. The van der Waals surface area contributed by atoms with Gasteiger partial charge in [-0.05, 0) is 37.6 Å². The molecule has 0 fully saturated rings. The SMILES string of the molecule is CC(C)N(CC(N)=O)c1ccc(/C=C/C(=O)O)cn1. The Morgan fingerprint density at radius 3 is 2.58 bits per heavy atom. The van der Waals surface area contributed by atoms with Crippen molar-refractivity contribution in [2.75, 3.05) is 11.4 Å². The third-order valence-corrected chi connectivity index (χ3v) is 2.43. The van der Waals surface area contributed by atoms with Crippen molar-refractivity contribution in [3.8, 4) is 0 Å². The Morgan fingerprint density at radius 2 is 2.16 bits per heavy atom. The number of carboxylic acid groups (broad SMARTS) is 1. The molecule has 0 saturated heterocycles. The van der Waals surface area contributed by atoms with Gasteiger partial charge in [-0.1, -0.05) is 0 Å². The van der Waals surface area contributed by atoms with Crippen LogP contribution < -0.4 is 10.6 Å². The smallest absolute Gasteiger partial charge is 0.328 e. The van der Waals surface area contributed by atoms with E-state index in [0.29, 0.717) is 11.4 Å². The number of nitrogens with two attached hydrogens (primary N) is 1. The quantitative estimate of drug-likeness (QED) is 0.743. The van der Waals surface area contributed by atoms with Gasteiger partial charge in [0.05, 0.1) is 6.54 Å². The standard InChI is InChI=1S/C13H17N3O3/c1-9(2)16(8-11(14)17)12-5-3-10(7-15-12)4-6-13(18)19/h3-7,9H,8H2,1-2H3,(H2,14,17)(H,18,19)/b6-4+. The predicted octanol–water partition coefficient (Wildman–Crippen LogP) is 0.879. The Kier molecular flexibility index (Phi) is 5.05. The van der Waals surface area contributed by atoms with E-state index in [2.05, 4.69) is 4.98 Å². The van der Waals surface area contributed by atoms with Crippen LogP contribution in [0.15, 0.2) is 24.4 Å². The Hall–Kier alpha value is -2.37. The van der Waals surface area contributed by atoms with Gasteiger partial charge in [0.15, 0.2) is 0 Å². The van der Waals surface area contributed by atoms with Crippen LogP contribution in [-0.2, 0) is 9.59 Å². The van der Waals surface area contributed by atoms with Crippen LogP contribution in [0.5, 0.6) is 0 Å². The lowest BCUT2D eigenvalue weighted by Crippen LogP contribution is -2.39. The summed E-state index contributed by atoms with van der Waals surface area (Å²) in [5.41, 5.74) is 5.87. The first-order chi connectivity index (χ1) is 8.90. The van der Waals surface area contributed by atoms with E-state index in [0.717, 1.165) is 6.08 Å². The fourth-order valence-corrected chi connectivity index (χ4v) is 1.53. The van der Waals surface area contributed by atoms with Gasteiger partial charge in [-0.3, -0.25) is 4.79 Å². The first kappa shape index (κ1) is 14.7. The van der Waals surface area contributed by atoms with Crippen molar-refractivity contribution in [3.05, 3.63) is 30.0 Å². The lowest BCUT2D eigenvalue weighted by Gasteiger charge is -2.26. The van der Waals surface area contributed by atoms with Gasteiger partial charge in [0, 0.05) is 18.3 Å². The number of aliphatic carboxylic acids is 1. The molecule has 0 bridgehead atoms. The number of nitrogens with zero attached hydrogens (tertiary/aromatic N) is 2. The molecule has 102 valence electrons. The van der Waals surface area contributed by atoms with Gasteiger partial charge in [-0.2, -0.15) is 0 Å². The van der Waals surface area contributed by atoms with Gasteiger partial charge < -0.3 is 15.7 Å². The molecule has 0 saturated carbocycles. The zero-order valence-corrected chi connectivity index (χ0v) is 10.9. The summed E-state index contributed by atoms with van der Waals surface area (Å²) in [4.78, 5) is 27.4. The van der Waals surface area contributed by atoms with Crippen molar-refractivity contribution in [1.29, 1.82) is 0 Å². The van der Waals surface area contributed by atoms with E-state index in [1.54, 1.807) is 23.2 Å². The van der Waals surface area contributed by atoms with E-state index in [1.165, 1.54) is 6.08 Å². The maximum atomic E-state index is 11.0. The highest BCUT2D eigenvalue weighted by molar-refractivity contribution is 5.85. The zero-order chi connectivity index (χ0) is 14.4. The molecule has 3 N–H and O–H groups in total. The number of hydrogen-bond acceptors (Lipinski definition) is 4. The monoisotopic (exact) mass is 263 g/mol.